The highest BCUT2D eigenvalue weighted by molar-refractivity contribution is 9.10. The quantitative estimate of drug-likeness (QED) is 0.692. The summed E-state index contributed by atoms with van der Waals surface area (Å²) >= 11 is 3.43. The molecule has 0 aliphatic heterocycles. The number of ether oxygens (including phenoxy) is 1. The van der Waals surface area contributed by atoms with Crippen LogP contribution >= 0.6 is 15.9 Å². The molecule has 0 atom stereocenters. The number of hydrogen-bond acceptors (Lipinski definition) is 3. The maximum absolute atomic E-state index is 12.3. The molecule has 6 heteroatoms. The molecule has 124 valence electrons. The zero-order valence-electron chi connectivity index (χ0n) is 13.4. The van der Waals surface area contributed by atoms with E-state index in [1.54, 1.807) is 7.11 Å². The van der Waals surface area contributed by atoms with Gasteiger partial charge in [-0.15, -0.1) is 0 Å². The van der Waals surface area contributed by atoms with Crippen molar-refractivity contribution in [3.05, 3.63) is 46.6 Å². The number of halogens is 1. The molecule has 2 N–H and O–H groups in total. The second-order valence-electron chi connectivity index (χ2n) is 5.17. The molecule has 5 nitrogen and oxygen atoms in total. The minimum absolute atomic E-state index is 0.0654. The molecule has 0 fully saturated rings. The maximum atomic E-state index is 12.3. The molecule has 2 aromatic rings. The molecule has 2 rings (SSSR count). The Hall–Kier alpha value is -1.63. The lowest BCUT2D eigenvalue weighted by molar-refractivity contribution is 0.0945. The first kappa shape index (κ1) is 17.7. The molecule has 23 heavy (non-hydrogen) atoms. The van der Waals surface area contributed by atoms with E-state index in [1.807, 2.05) is 48.0 Å². The van der Waals surface area contributed by atoms with Gasteiger partial charge in [-0.2, -0.15) is 0 Å². The van der Waals surface area contributed by atoms with Gasteiger partial charge < -0.3 is 19.9 Å². The first-order valence-electron chi connectivity index (χ1n) is 7.53. The molecule has 0 saturated carbocycles. The number of amides is 1. The Bertz CT molecular complexity index is 638. The molecule has 1 heterocycles. The third kappa shape index (κ3) is 4.92. The van der Waals surface area contributed by atoms with Gasteiger partial charge in [0.25, 0.3) is 5.91 Å². The number of benzene rings is 1. The lowest BCUT2D eigenvalue weighted by Crippen LogP contribution is -2.33. The molecule has 0 aliphatic rings. The molecular formula is C17H22BrN3O2. The van der Waals surface area contributed by atoms with Gasteiger partial charge in [-0.1, -0.05) is 28.1 Å². The topological polar surface area (TPSA) is 55.3 Å². The Morgan fingerprint density at radius 3 is 2.57 bits per heavy atom. The summed E-state index contributed by atoms with van der Waals surface area (Å²) in [5.74, 6) is -0.0654. The van der Waals surface area contributed by atoms with Crippen molar-refractivity contribution >= 4 is 21.8 Å². The van der Waals surface area contributed by atoms with Crippen LogP contribution in [0.5, 0.6) is 0 Å². The van der Waals surface area contributed by atoms with E-state index in [-0.39, 0.29) is 5.91 Å². The van der Waals surface area contributed by atoms with Crippen LogP contribution in [-0.4, -0.2) is 43.8 Å². The highest BCUT2D eigenvalue weighted by Gasteiger charge is 2.13. The van der Waals surface area contributed by atoms with Gasteiger partial charge in [-0.25, -0.2) is 0 Å². The molecule has 0 aliphatic carbocycles. The van der Waals surface area contributed by atoms with Crippen molar-refractivity contribution < 1.29 is 9.53 Å². The minimum Gasteiger partial charge on any atom is -0.383 e. The molecule has 0 saturated heterocycles. The van der Waals surface area contributed by atoms with Crippen molar-refractivity contribution in [3.8, 4) is 11.3 Å². The third-order valence-corrected chi connectivity index (χ3v) is 4.09. The zero-order valence-corrected chi connectivity index (χ0v) is 15.0. The lowest BCUT2D eigenvalue weighted by atomic mass is 10.1. The van der Waals surface area contributed by atoms with Crippen molar-refractivity contribution in [1.82, 2.24) is 15.2 Å². The average Bonchev–Trinajstić information content (AvgIpc) is 2.93. The molecule has 0 radical (unpaired) electrons. The minimum atomic E-state index is -0.0654. The Morgan fingerprint density at radius 2 is 1.87 bits per heavy atom. The number of carbonyl (C=O) groups excluding carboxylic acids is 1. The number of aromatic nitrogens is 1. The molecule has 0 spiro atoms. The summed E-state index contributed by atoms with van der Waals surface area (Å²) in [4.78, 5) is 12.3. The standard InChI is InChI=1S/C17H22BrN3O2/c1-21-15(13-3-5-14(18)6-4-13)7-8-16(21)17(22)20-10-9-19-11-12-23-2/h3-8,19H,9-12H2,1-2H3,(H,20,22). The monoisotopic (exact) mass is 379 g/mol. The van der Waals surface area contributed by atoms with Crippen molar-refractivity contribution in [2.75, 3.05) is 33.4 Å². The number of rotatable bonds is 8. The van der Waals surface area contributed by atoms with Gasteiger partial charge in [0.05, 0.1) is 6.61 Å². The summed E-state index contributed by atoms with van der Waals surface area (Å²) in [5.41, 5.74) is 2.75. The number of nitrogens with zero attached hydrogens (tertiary/aromatic N) is 1. The van der Waals surface area contributed by atoms with E-state index < -0.39 is 0 Å². The lowest BCUT2D eigenvalue weighted by Gasteiger charge is -2.09. The van der Waals surface area contributed by atoms with Crippen LogP contribution in [0.2, 0.25) is 0 Å². The normalized spacial score (nSPS) is 10.7. The number of nitrogens with one attached hydrogen (secondary N) is 2. The fourth-order valence-electron chi connectivity index (χ4n) is 2.30. The highest BCUT2D eigenvalue weighted by Crippen LogP contribution is 2.23. The van der Waals surface area contributed by atoms with E-state index in [1.165, 1.54) is 0 Å². The summed E-state index contributed by atoms with van der Waals surface area (Å²) in [6.45, 7) is 2.76. The predicted molar refractivity (Wildman–Crippen MR) is 95.6 cm³/mol. The largest absolute Gasteiger partial charge is 0.383 e. The van der Waals surface area contributed by atoms with Crippen LogP contribution in [0.4, 0.5) is 0 Å². The first-order chi connectivity index (χ1) is 11.1. The van der Waals surface area contributed by atoms with E-state index in [0.29, 0.717) is 18.8 Å². The Labute approximate surface area is 145 Å². The van der Waals surface area contributed by atoms with E-state index >= 15 is 0 Å². The van der Waals surface area contributed by atoms with E-state index in [0.717, 1.165) is 28.8 Å². The zero-order chi connectivity index (χ0) is 16.7. The molecule has 1 aromatic carbocycles. The van der Waals surface area contributed by atoms with Crippen LogP contribution in [0.1, 0.15) is 10.5 Å². The summed E-state index contributed by atoms with van der Waals surface area (Å²) in [5, 5.41) is 6.11. The summed E-state index contributed by atoms with van der Waals surface area (Å²) in [7, 11) is 3.57. The Kier molecular flexibility index (Phi) is 6.83. The van der Waals surface area contributed by atoms with E-state index in [4.69, 9.17) is 4.74 Å². The van der Waals surface area contributed by atoms with E-state index in [2.05, 4.69) is 26.6 Å². The van der Waals surface area contributed by atoms with Gasteiger partial charge in [0, 0.05) is 44.0 Å². The van der Waals surface area contributed by atoms with Crippen LogP contribution in [0.3, 0.4) is 0 Å². The smallest absolute Gasteiger partial charge is 0.267 e. The molecule has 0 bridgehead atoms. The van der Waals surface area contributed by atoms with Gasteiger partial charge >= 0.3 is 0 Å². The molecular weight excluding hydrogens is 358 g/mol. The van der Waals surface area contributed by atoms with Crippen LogP contribution in [-0.2, 0) is 11.8 Å². The molecule has 1 amide bonds. The van der Waals surface area contributed by atoms with Gasteiger partial charge in [-0.3, -0.25) is 4.79 Å². The highest BCUT2D eigenvalue weighted by atomic mass is 79.9. The fourth-order valence-corrected chi connectivity index (χ4v) is 2.57. The second-order valence-corrected chi connectivity index (χ2v) is 6.08. The number of hydrogen-bond donors (Lipinski definition) is 2. The van der Waals surface area contributed by atoms with Crippen molar-refractivity contribution in [1.29, 1.82) is 0 Å². The van der Waals surface area contributed by atoms with Gasteiger partial charge in [0.1, 0.15) is 5.69 Å². The number of carbonyl (C=O) groups is 1. The van der Waals surface area contributed by atoms with Crippen LogP contribution in [0, 0.1) is 0 Å². The fraction of sp³-hybridized carbons (Fsp3) is 0.353. The van der Waals surface area contributed by atoms with Gasteiger partial charge in [-0.05, 0) is 29.8 Å². The van der Waals surface area contributed by atoms with Crippen LogP contribution < -0.4 is 10.6 Å². The van der Waals surface area contributed by atoms with Crippen molar-refractivity contribution in [2.45, 2.75) is 0 Å². The SMILES string of the molecule is COCCNCCNC(=O)c1ccc(-c2ccc(Br)cc2)n1C. The van der Waals surface area contributed by atoms with Gasteiger partial charge in [0.2, 0.25) is 0 Å². The van der Waals surface area contributed by atoms with Gasteiger partial charge in [0.15, 0.2) is 0 Å². The van der Waals surface area contributed by atoms with Crippen molar-refractivity contribution in [2.24, 2.45) is 7.05 Å². The predicted octanol–water partition coefficient (Wildman–Crippen LogP) is 2.42. The molecule has 1 aromatic heterocycles. The summed E-state index contributed by atoms with van der Waals surface area (Å²) in [6.07, 6.45) is 0. The third-order valence-electron chi connectivity index (χ3n) is 3.56. The van der Waals surface area contributed by atoms with Crippen LogP contribution in [0.25, 0.3) is 11.3 Å². The van der Waals surface area contributed by atoms with E-state index in [9.17, 15) is 4.79 Å². The summed E-state index contributed by atoms with van der Waals surface area (Å²) in [6, 6.07) is 11.9. The van der Waals surface area contributed by atoms with Crippen LogP contribution in [0.15, 0.2) is 40.9 Å². The molecule has 0 unspecified atom stereocenters. The average molecular weight is 380 g/mol. The first-order valence-corrected chi connectivity index (χ1v) is 8.32. The summed E-state index contributed by atoms with van der Waals surface area (Å²) < 4.78 is 7.90. The Balaban J connectivity index is 1.93. The maximum Gasteiger partial charge on any atom is 0.267 e. The number of methoxy groups -OCH3 is 1. The Morgan fingerprint density at radius 1 is 1.13 bits per heavy atom. The van der Waals surface area contributed by atoms with Crippen molar-refractivity contribution in [3.63, 3.8) is 0 Å². The second kappa shape index (κ2) is 8.86.